The first-order valence-corrected chi connectivity index (χ1v) is 4.65. The summed E-state index contributed by atoms with van der Waals surface area (Å²) in [6, 6.07) is 0.745. The first kappa shape index (κ1) is 8.72. The number of amidine groups is 1. The third-order valence-electron chi connectivity index (χ3n) is 2.78. The minimum absolute atomic E-state index is 0.745. The van der Waals surface area contributed by atoms with Crippen LogP contribution in [0.25, 0.3) is 0 Å². The number of quaternary nitrogens is 1. The van der Waals surface area contributed by atoms with Crippen LogP contribution in [0.3, 0.4) is 0 Å². The van der Waals surface area contributed by atoms with Crippen molar-refractivity contribution in [2.75, 3.05) is 19.6 Å². The Morgan fingerprint density at radius 1 is 1.55 bits per heavy atom. The van der Waals surface area contributed by atoms with Gasteiger partial charge >= 0.3 is 5.84 Å². The number of hydrogen-bond donors (Lipinski definition) is 1. The molecule has 1 aliphatic heterocycles. The molecule has 0 aromatic carbocycles. The van der Waals surface area contributed by atoms with Crippen LogP contribution in [0, 0.1) is 0 Å². The van der Waals surface area contributed by atoms with Gasteiger partial charge in [-0.1, -0.05) is 0 Å². The Morgan fingerprint density at radius 2 is 2.18 bits per heavy atom. The van der Waals surface area contributed by atoms with Crippen molar-refractivity contribution in [3.8, 4) is 0 Å². The maximum Gasteiger partial charge on any atom is 0.333 e. The molecule has 2 unspecified atom stereocenters. The van der Waals surface area contributed by atoms with Crippen LogP contribution in [0.2, 0.25) is 0 Å². The van der Waals surface area contributed by atoms with E-state index in [2.05, 4.69) is 32.3 Å². The lowest BCUT2D eigenvalue weighted by molar-refractivity contribution is -0.800. The molecule has 2 heteroatoms. The van der Waals surface area contributed by atoms with Crippen molar-refractivity contribution in [3.63, 3.8) is 0 Å². The molecule has 64 valence electrons. The number of hydrogen-bond acceptors (Lipinski definition) is 0. The van der Waals surface area contributed by atoms with Crippen LogP contribution in [0.1, 0.15) is 27.7 Å². The molecular formula is C9H20N2+2. The maximum atomic E-state index is 2.50. The molecule has 2 nitrogen and oxygen atoms in total. The van der Waals surface area contributed by atoms with Gasteiger partial charge in [-0.3, -0.25) is 0 Å². The molecule has 1 heterocycles. The molecule has 1 aliphatic rings. The summed E-state index contributed by atoms with van der Waals surface area (Å²) in [5.41, 5.74) is 0. The summed E-state index contributed by atoms with van der Waals surface area (Å²) in [5, 5.41) is 0. The minimum atomic E-state index is 0.745. The summed E-state index contributed by atoms with van der Waals surface area (Å²) in [4.78, 5) is 1.65. The summed E-state index contributed by atoms with van der Waals surface area (Å²) in [5.74, 6) is 1.53. The second kappa shape index (κ2) is 3.35. The van der Waals surface area contributed by atoms with Crippen molar-refractivity contribution in [2.45, 2.75) is 33.7 Å². The third kappa shape index (κ3) is 1.45. The molecule has 0 spiro atoms. The van der Waals surface area contributed by atoms with Crippen LogP contribution in [0.15, 0.2) is 0 Å². The van der Waals surface area contributed by atoms with E-state index in [0.29, 0.717) is 0 Å². The van der Waals surface area contributed by atoms with E-state index in [4.69, 9.17) is 0 Å². The molecule has 2 atom stereocenters. The van der Waals surface area contributed by atoms with Crippen LogP contribution in [-0.4, -0.2) is 36.1 Å². The molecule has 0 aliphatic carbocycles. The highest BCUT2D eigenvalue weighted by atomic mass is 15.3. The molecule has 0 saturated carbocycles. The van der Waals surface area contributed by atoms with E-state index in [-0.39, 0.29) is 0 Å². The molecule has 11 heavy (non-hydrogen) atoms. The van der Waals surface area contributed by atoms with Gasteiger partial charge in [0.25, 0.3) is 0 Å². The molecule has 0 aromatic rings. The van der Waals surface area contributed by atoms with Gasteiger partial charge in [0.05, 0.1) is 13.5 Å². The molecule has 1 rings (SSSR count). The normalized spacial score (nSPS) is 31.6. The highest BCUT2D eigenvalue weighted by Gasteiger charge is 2.35. The van der Waals surface area contributed by atoms with Crippen molar-refractivity contribution in [1.82, 2.24) is 0 Å². The summed E-state index contributed by atoms with van der Waals surface area (Å²) < 4.78 is 2.50. The van der Waals surface area contributed by atoms with Crippen molar-refractivity contribution in [2.24, 2.45) is 0 Å². The highest BCUT2D eigenvalue weighted by molar-refractivity contribution is 5.65. The van der Waals surface area contributed by atoms with Crippen LogP contribution in [-0.2, 0) is 0 Å². The molecule has 0 aromatic heterocycles. The van der Waals surface area contributed by atoms with Crippen molar-refractivity contribution >= 4 is 5.84 Å². The van der Waals surface area contributed by atoms with Gasteiger partial charge < -0.3 is 0 Å². The van der Waals surface area contributed by atoms with Crippen LogP contribution in [0.4, 0.5) is 0 Å². The van der Waals surface area contributed by atoms with Gasteiger partial charge in [-0.15, -0.1) is 0 Å². The van der Waals surface area contributed by atoms with E-state index in [0.717, 1.165) is 12.6 Å². The van der Waals surface area contributed by atoms with Crippen molar-refractivity contribution in [3.05, 3.63) is 0 Å². The van der Waals surface area contributed by atoms with Gasteiger partial charge in [-0.05, 0) is 13.8 Å². The summed E-state index contributed by atoms with van der Waals surface area (Å²) in [6.45, 7) is 12.7. The lowest BCUT2D eigenvalue weighted by Gasteiger charge is -2.02. The SMILES string of the molecule is CC[N+]1=C(C)[NH+](CC)CC1C. The Balaban J connectivity index is 2.76. The fourth-order valence-corrected chi connectivity index (χ4v) is 2.10. The Bertz CT molecular complexity index is 172. The van der Waals surface area contributed by atoms with E-state index in [1.54, 1.807) is 4.90 Å². The lowest BCUT2D eigenvalue weighted by atomic mass is 10.3. The molecule has 0 amide bonds. The van der Waals surface area contributed by atoms with Gasteiger partial charge in [0, 0.05) is 6.92 Å². The molecule has 0 fully saturated rings. The fraction of sp³-hybridized carbons (Fsp3) is 0.889. The van der Waals surface area contributed by atoms with Gasteiger partial charge in [-0.25, -0.2) is 4.90 Å². The second-order valence-corrected chi connectivity index (χ2v) is 3.38. The Kier molecular flexibility index (Phi) is 2.66. The number of nitrogens with one attached hydrogen (secondary N) is 1. The first-order chi connectivity index (χ1) is 5.20. The largest absolute Gasteiger partial charge is 0.333 e. The molecular weight excluding hydrogens is 136 g/mol. The van der Waals surface area contributed by atoms with E-state index in [1.807, 2.05) is 0 Å². The van der Waals surface area contributed by atoms with Gasteiger partial charge in [0.15, 0.2) is 0 Å². The molecule has 1 N–H and O–H groups in total. The summed E-state index contributed by atoms with van der Waals surface area (Å²) in [7, 11) is 0. The fourth-order valence-electron chi connectivity index (χ4n) is 2.10. The zero-order valence-electron chi connectivity index (χ0n) is 8.15. The number of likely N-dealkylation sites (N-methyl/N-ethyl adjacent to an activating group) is 2. The average Bonchev–Trinajstić information content (AvgIpc) is 2.26. The number of nitrogens with zero attached hydrogens (tertiary/aromatic N) is 1. The van der Waals surface area contributed by atoms with E-state index < -0.39 is 0 Å². The molecule has 0 radical (unpaired) electrons. The third-order valence-corrected chi connectivity index (χ3v) is 2.78. The maximum absolute atomic E-state index is 2.50. The molecule has 0 saturated heterocycles. The van der Waals surface area contributed by atoms with E-state index in [9.17, 15) is 0 Å². The standard InChI is InChI=1S/C9H19N2/c1-5-10-7-8(3)11(6-2)9(10)4/h8H,5-7H2,1-4H3/q+1/p+1. The predicted molar refractivity (Wildman–Crippen MR) is 47.3 cm³/mol. The van der Waals surface area contributed by atoms with Gasteiger partial charge in [0.2, 0.25) is 6.04 Å². The molecule has 0 bridgehead atoms. The smallest absolute Gasteiger partial charge is 0.246 e. The first-order valence-electron chi connectivity index (χ1n) is 4.65. The predicted octanol–water partition coefficient (Wildman–Crippen LogP) is -0.256. The van der Waals surface area contributed by atoms with Crippen molar-refractivity contribution < 1.29 is 9.48 Å². The Hall–Kier alpha value is -0.370. The summed E-state index contributed by atoms with van der Waals surface area (Å²) in [6.07, 6.45) is 0. The average molecular weight is 156 g/mol. The van der Waals surface area contributed by atoms with Crippen LogP contribution in [0.5, 0.6) is 0 Å². The Morgan fingerprint density at radius 3 is 2.45 bits per heavy atom. The summed E-state index contributed by atoms with van der Waals surface area (Å²) >= 11 is 0. The Labute approximate surface area is 69.5 Å². The number of rotatable bonds is 2. The van der Waals surface area contributed by atoms with Crippen LogP contribution >= 0.6 is 0 Å². The van der Waals surface area contributed by atoms with Crippen LogP contribution < -0.4 is 4.90 Å². The van der Waals surface area contributed by atoms with E-state index >= 15 is 0 Å². The van der Waals surface area contributed by atoms with E-state index in [1.165, 1.54) is 18.9 Å². The second-order valence-electron chi connectivity index (χ2n) is 3.38. The highest BCUT2D eigenvalue weighted by Crippen LogP contribution is 1.92. The minimum Gasteiger partial charge on any atom is -0.246 e. The van der Waals surface area contributed by atoms with Gasteiger partial charge in [-0.2, -0.15) is 4.58 Å². The quantitative estimate of drug-likeness (QED) is 0.527. The lowest BCUT2D eigenvalue weighted by Crippen LogP contribution is -3.13. The van der Waals surface area contributed by atoms with Gasteiger partial charge in [0.1, 0.15) is 13.1 Å². The zero-order chi connectivity index (χ0) is 8.43. The topological polar surface area (TPSA) is 7.45 Å². The zero-order valence-corrected chi connectivity index (χ0v) is 8.15. The van der Waals surface area contributed by atoms with Crippen molar-refractivity contribution in [1.29, 1.82) is 0 Å². The monoisotopic (exact) mass is 156 g/mol.